The Morgan fingerprint density at radius 3 is 2.48 bits per heavy atom. The van der Waals surface area contributed by atoms with Crippen molar-refractivity contribution >= 4 is 11.9 Å². The molecule has 1 heterocycles. The van der Waals surface area contributed by atoms with E-state index in [9.17, 15) is 0 Å². The Hall–Kier alpha value is -1.29. The highest BCUT2D eigenvalue weighted by Gasteiger charge is 2.70. The molecule has 1 aliphatic heterocycles. The van der Waals surface area contributed by atoms with Crippen molar-refractivity contribution in [1.82, 2.24) is 9.62 Å². The molecule has 5 rings (SSSR count). The number of benzene rings is 2. The third kappa shape index (κ3) is 3.35. The van der Waals surface area contributed by atoms with Crippen molar-refractivity contribution in [3.8, 4) is 0 Å². The average molecular weight is 379 g/mol. The van der Waals surface area contributed by atoms with Gasteiger partial charge in [-0.2, -0.15) is 0 Å². The van der Waals surface area contributed by atoms with E-state index in [1.165, 1.54) is 55.5 Å². The van der Waals surface area contributed by atoms with Crippen LogP contribution in [0.15, 0.2) is 65.6 Å². The molecule has 2 nitrogen and oxygen atoms in total. The first-order chi connectivity index (χ1) is 13.4. The van der Waals surface area contributed by atoms with E-state index in [4.69, 9.17) is 0 Å². The lowest BCUT2D eigenvalue weighted by Gasteiger charge is -2.41. The minimum absolute atomic E-state index is 0.583. The average Bonchev–Trinajstić information content (AvgIpc) is 3.39. The van der Waals surface area contributed by atoms with Gasteiger partial charge in [-0.3, -0.25) is 9.62 Å². The van der Waals surface area contributed by atoms with Gasteiger partial charge in [0.05, 0.1) is 0 Å². The summed E-state index contributed by atoms with van der Waals surface area (Å²) in [5, 5.41) is 0. The van der Waals surface area contributed by atoms with E-state index in [1.54, 1.807) is 11.9 Å². The molecule has 0 aromatic heterocycles. The highest BCUT2D eigenvalue weighted by Crippen LogP contribution is 2.64. The molecule has 1 saturated heterocycles. The summed E-state index contributed by atoms with van der Waals surface area (Å²) >= 11 is 1.76. The molecule has 3 unspecified atom stereocenters. The number of hydrogen-bond donors (Lipinski definition) is 1. The van der Waals surface area contributed by atoms with E-state index in [-0.39, 0.29) is 0 Å². The second-order valence-corrected chi connectivity index (χ2v) is 9.49. The normalized spacial score (nSPS) is 32.1. The molecule has 3 aliphatic rings. The molecule has 142 valence electrons. The molecule has 2 aliphatic carbocycles. The van der Waals surface area contributed by atoms with Crippen molar-refractivity contribution in [2.45, 2.75) is 60.9 Å². The van der Waals surface area contributed by atoms with Crippen LogP contribution in [0.1, 0.15) is 50.0 Å². The molecule has 2 saturated carbocycles. The quantitative estimate of drug-likeness (QED) is 0.484. The van der Waals surface area contributed by atoms with Crippen LogP contribution in [0.2, 0.25) is 0 Å². The molecule has 2 aromatic carbocycles. The van der Waals surface area contributed by atoms with Crippen molar-refractivity contribution in [2.24, 2.45) is 5.92 Å². The summed E-state index contributed by atoms with van der Waals surface area (Å²) in [5.41, 5.74) is 2.14. The van der Waals surface area contributed by atoms with E-state index in [1.807, 2.05) is 0 Å². The zero-order chi connectivity index (χ0) is 18.1. The molecule has 27 heavy (non-hydrogen) atoms. The molecule has 2 aromatic rings. The minimum atomic E-state index is 0.583. The van der Waals surface area contributed by atoms with E-state index < -0.39 is 0 Å². The van der Waals surface area contributed by atoms with Crippen molar-refractivity contribution in [3.63, 3.8) is 0 Å². The predicted molar refractivity (Wildman–Crippen MR) is 114 cm³/mol. The molecule has 1 N–H and O–H groups in total. The zero-order valence-electron chi connectivity index (χ0n) is 16.0. The molecule has 0 radical (unpaired) electrons. The van der Waals surface area contributed by atoms with Gasteiger partial charge in [0.2, 0.25) is 0 Å². The van der Waals surface area contributed by atoms with Crippen molar-refractivity contribution in [1.29, 1.82) is 0 Å². The van der Waals surface area contributed by atoms with Crippen molar-refractivity contribution < 1.29 is 0 Å². The first kappa shape index (κ1) is 17.8. The monoisotopic (exact) mass is 378 g/mol. The summed E-state index contributed by atoms with van der Waals surface area (Å²) in [6.07, 6.45) is 8.63. The van der Waals surface area contributed by atoms with Gasteiger partial charge in [-0.25, -0.2) is 0 Å². The highest BCUT2D eigenvalue weighted by molar-refractivity contribution is 7.97. The molecule has 5 atom stereocenters. The lowest BCUT2D eigenvalue weighted by molar-refractivity contribution is 0.136. The van der Waals surface area contributed by atoms with Gasteiger partial charge < -0.3 is 0 Å². The smallest absolute Gasteiger partial charge is 0.0396 e. The summed E-state index contributed by atoms with van der Waals surface area (Å²) in [6, 6.07) is 22.7. The van der Waals surface area contributed by atoms with Gasteiger partial charge in [0, 0.05) is 23.0 Å². The maximum atomic E-state index is 3.64. The van der Waals surface area contributed by atoms with Crippen LogP contribution in [-0.2, 0) is 0 Å². The molecular formula is C24H30N2S. The summed E-state index contributed by atoms with van der Waals surface area (Å²) in [5.74, 6) is 1.61. The van der Waals surface area contributed by atoms with Crippen LogP contribution < -0.4 is 4.72 Å². The molecular weight excluding hydrogens is 348 g/mol. The fourth-order valence-electron chi connectivity index (χ4n) is 5.78. The molecule has 3 fully saturated rings. The second kappa shape index (κ2) is 7.62. The maximum absolute atomic E-state index is 3.64. The third-order valence-electron chi connectivity index (χ3n) is 7.30. The van der Waals surface area contributed by atoms with Crippen LogP contribution in [0.3, 0.4) is 0 Å². The van der Waals surface area contributed by atoms with Gasteiger partial charge in [-0.15, -0.1) is 0 Å². The van der Waals surface area contributed by atoms with Gasteiger partial charge in [-0.1, -0.05) is 55.0 Å². The van der Waals surface area contributed by atoms with Gasteiger partial charge in [-0.05, 0) is 80.1 Å². The first-order valence-electron chi connectivity index (χ1n) is 10.6. The summed E-state index contributed by atoms with van der Waals surface area (Å²) in [7, 11) is 0. The SMILES string of the molecule is c1ccc(SNCC(CCN2[C@H]3CCC[C@@H]4CCC432)c2ccccc2)cc1. The lowest BCUT2D eigenvalue weighted by Crippen LogP contribution is -2.42. The van der Waals surface area contributed by atoms with Gasteiger partial charge in [0.15, 0.2) is 0 Å². The van der Waals surface area contributed by atoms with E-state index >= 15 is 0 Å². The Balaban J connectivity index is 1.20. The number of nitrogens with one attached hydrogen (secondary N) is 1. The molecule has 0 amide bonds. The number of rotatable bonds is 8. The van der Waals surface area contributed by atoms with Crippen LogP contribution in [0.5, 0.6) is 0 Å². The van der Waals surface area contributed by atoms with Gasteiger partial charge >= 0.3 is 0 Å². The van der Waals surface area contributed by atoms with Crippen molar-refractivity contribution in [3.05, 3.63) is 66.2 Å². The van der Waals surface area contributed by atoms with Crippen LogP contribution in [0.4, 0.5) is 0 Å². The number of likely N-dealkylation sites (tertiary alicyclic amines) is 1. The second-order valence-electron chi connectivity index (χ2n) is 8.53. The topological polar surface area (TPSA) is 15.0 Å². The van der Waals surface area contributed by atoms with E-state index in [0.717, 1.165) is 18.5 Å². The Kier molecular flexibility index (Phi) is 5.02. The first-order valence-corrected chi connectivity index (χ1v) is 11.5. The van der Waals surface area contributed by atoms with Crippen LogP contribution in [-0.4, -0.2) is 29.6 Å². The summed E-state index contributed by atoms with van der Waals surface area (Å²) in [6.45, 7) is 2.30. The number of nitrogens with zero attached hydrogens (tertiary/aromatic N) is 1. The molecule has 0 bridgehead atoms. The van der Waals surface area contributed by atoms with Gasteiger partial charge in [0.25, 0.3) is 0 Å². The molecule has 1 spiro atoms. The van der Waals surface area contributed by atoms with Crippen LogP contribution >= 0.6 is 11.9 Å². The number of hydrogen-bond acceptors (Lipinski definition) is 3. The zero-order valence-corrected chi connectivity index (χ0v) is 16.8. The van der Waals surface area contributed by atoms with E-state index in [0.29, 0.717) is 11.5 Å². The lowest BCUT2D eigenvalue weighted by atomic mass is 9.65. The van der Waals surface area contributed by atoms with E-state index in [2.05, 4.69) is 70.3 Å². The Morgan fingerprint density at radius 2 is 1.78 bits per heavy atom. The maximum Gasteiger partial charge on any atom is 0.0396 e. The van der Waals surface area contributed by atoms with Crippen LogP contribution in [0, 0.1) is 5.92 Å². The van der Waals surface area contributed by atoms with Crippen LogP contribution in [0.25, 0.3) is 0 Å². The predicted octanol–water partition coefficient (Wildman–Crippen LogP) is 5.47. The Bertz CT molecular complexity index is 749. The fraction of sp³-hybridized carbons (Fsp3) is 0.500. The minimum Gasteiger partial charge on any atom is -0.291 e. The Labute approximate surface area is 167 Å². The third-order valence-corrected chi connectivity index (χ3v) is 8.12. The standard InChI is InChI=1S/C24H30N2S/c1-3-8-19(9-4-1)20(18-25-27-22-11-5-2-6-12-22)15-17-26-23-13-7-10-21-14-16-24(21,23)26/h1-6,8-9,11-12,20-21,23,25H,7,10,13-18H2/t20?,21-,23+,24?,26?/m1/s1. The Morgan fingerprint density at radius 1 is 1.00 bits per heavy atom. The molecule has 3 heteroatoms. The summed E-state index contributed by atoms with van der Waals surface area (Å²) < 4.78 is 3.64. The highest BCUT2D eigenvalue weighted by atomic mass is 32.2. The van der Waals surface area contributed by atoms with Gasteiger partial charge in [0.1, 0.15) is 0 Å². The fourth-order valence-corrected chi connectivity index (χ4v) is 6.52. The summed E-state index contributed by atoms with van der Waals surface area (Å²) in [4.78, 5) is 4.17. The largest absolute Gasteiger partial charge is 0.291 e. The van der Waals surface area contributed by atoms with Crippen molar-refractivity contribution in [2.75, 3.05) is 13.1 Å².